The molecule has 13 heteroatoms. The molecule has 43 heavy (non-hydrogen) atoms. The van der Waals surface area contributed by atoms with E-state index in [2.05, 4.69) is 15.3 Å². The number of carbonyl (C=O) groups is 1. The molecule has 1 amide bonds. The fourth-order valence-electron chi connectivity index (χ4n) is 4.63. The molecule has 1 fully saturated rings. The summed E-state index contributed by atoms with van der Waals surface area (Å²) in [5, 5.41) is 5.45. The van der Waals surface area contributed by atoms with Gasteiger partial charge in [0.25, 0.3) is 0 Å². The number of ether oxygens (including phenoxy) is 1. The Hall–Kier alpha value is -3.48. The Morgan fingerprint density at radius 1 is 0.907 bits per heavy atom. The van der Waals surface area contributed by atoms with Gasteiger partial charge in [-0.05, 0) is 94.0 Å². The molecule has 1 atom stereocenters. The number of amides is 1. The van der Waals surface area contributed by atoms with E-state index >= 15 is 0 Å². The van der Waals surface area contributed by atoms with Gasteiger partial charge in [0.05, 0.1) is 11.3 Å². The van der Waals surface area contributed by atoms with Crippen molar-refractivity contribution in [3.63, 3.8) is 0 Å². The molecule has 3 aromatic rings. The van der Waals surface area contributed by atoms with E-state index in [1.54, 1.807) is 38.6 Å². The van der Waals surface area contributed by atoms with E-state index in [0.717, 1.165) is 42.8 Å². The molecule has 4 rings (SSSR count). The number of anilines is 1. The molecule has 0 saturated heterocycles. The maximum Gasteiger partial charge on any atom is 0.417 e. The van der Waals surface area contributed by atoms with Gasteiger partial charge in [-0.25, -0.2) is 9.78 Å². The van der Waals surface area contributed by atoms with Gasteiger partial charge < -0.3 is 15.4 Å². The smallest absolute Gasteiger partial charge is 0.417 e. The van der Waals surface area contributed by atoms with Crippen molar-refractivity contribution in [3.05, 3.63) is 72.2 Å². The topological polar surface area (TPSA) is 76.1 Å². The molecule has 0 aliphatic heterocycles. The molecule has 1 aliphatic rings. The van der Waals surface area contributed by atoms with Gasteiger partial charge in [-0.15, -0.1) is 11.8 Å². The lowest BCUT2D eigenvalue weighted by Crippen LogP contribution is -2.41. The molecule has 0 radical (unpaired) electrons. The van der Waals surface area contributed by atoms with E-state index < -0.39 is 35.7 Å². The molecule has 2 aromatic heterocycles. The van der Waals surface area contributed by atoms with Crippen LogP contribution in [0.4, 0.5) is 37.0 Å². The average Bonchev–Trinajstić information content (AvgIpc) is 2.92. The lowest BCUT2D eigenvalue weighted by Gasteiger charge is -2.29. The summed E-state index contributed by atoms with van der Waals surface area (Å²) in [4.78, 5) is 20.9. The number of alkyl halides is 6. The van der Waals surface area contributed by atoms with Crippen molar-refractivity contribution in [1.29, 1.82) is 0 Å². The van der Waals surface area contributed by atoms with Crippen LogP contribution in [0, 0.1) is 0 Å². The number of rotatable bonds is 7. The lowest BCUT2D eigenvalue weighted by atomic mass is 9.95. The second-order valence-electron chi connectivity index (χ2n) is 11.3. The van der Waals surface area contributed by atoms with Crippen LogP contribution in [0.25, 0.3) is 11.1 Å². The van der Waals surface area contributed by atoms with E-state index in [1.807, 2.05) is 29.6 Å². The van der Waals surface area contributed by atoms with Crippen LogP contribution in [0.3, 0.4) is 0 Å². The van der Waals surface area contributed by atoms with Crippen LogP contribution < -0.4 is 10.6 Å². The van der Waals surface area contributed by atoms with Crippen molar-refractivity contribution in [2.75, 3.05) is 5.32 Å². The number of benzene rings is 1. The van der Waals surface area contributed by atoms with Gasteiger partial charge in [-0.1, -0.05) is 12.1 Å². The first-order chi connectivity index (χ1) is 20.1. The van der Waals surface area contributed by atoms with Crippen LogP contribution in [0.15, 0.2) is 65.8 Å². The zero-order valence-corrected chi connectivity index (χ0v) is 24.5. The number of hydrogen-bond donors (Lipinski definition) is 2. The van der Waals surface area contributed by atoms with Crippen molar-refractivity contribution in [3.8, 4) is 11.1 Å². The Morgan fingerprint density at radius 3 is 2.14 bits per heavy atom. The maximum atomic E-state index is 13.8. The highest BCUT2D eigenvalue weighted by molar-refractivity contribution is 8.00. The SMILES string of the molecule is CC(C)(C)OC(=O)NC(c1cc(-c2ccc(S[C@H]3CC[C@H](Nc4ccc(C(F)(F)F)cn4)CC3)cc2)ccn1)C(F)(F)F. The van der Waals surface area contributed by atoms with Gasteiger partial charge in [-0.2, -0.15) is 26.3 Å². The third-order valence-corrected chi connectivity index (χ3v) is 8.02. The second-order valence-corrected chi connectivity index (χ2v) is 12.7. The number of thioether (sulfide) groups is 1. The van der Waals surface area contributed by atoms with Gasteiger partial charge in [0.2, 0.25) is 0 Å². The Kier molecular flexibility index (Phi) is 9.83. The first-order valence-corrected chi connectivity index (χ1v) is 14.5. The Bertz CT molecular complexity index is 1370. The highest BCUT2D eigenvalue weighted by Gasteiger charge is 2.44. The number of nitrogens with zero attached hydrogens (tertiary/aromatic N) is 2. The molecule has 232 valence electrons. The Morgan fingerprint density at radius 2 is 1.58 bits per heavy atom. The van der Waals surface area contributed by atoms with E-state index in [0.29, 0.717) is 22.2 Å². The van der Waals surface area contributed by atoms with Gasteiger partial charge in [-0.3, -0.25) is 4.98 Å². The summed E-state index contributed by atoms with van der Waals surface area (Å²) in [6.45, 7) is 4.68. The molecule has 1 aliphatic carbocycles. The number of aromatic nitrogens is 2. The van der Waals surface area contributed by atoms with Crippen LogP contribution >= 0.6 is 11.8 Å². The van der Waals surface area contributed by atoms with Crippen LogP contribution in [-0.4, -0.2) is 39.1 Å². The number of nitrogens with one attached hydrogen (secondary N) is 2. The van der Waals surface area contributed by atoms with Crippen LogP contribution in [0.2, 0.25) is 0 Å². The van der Waals surface area contributed by atoms with Gasteiger partial charge in [0.15, 0.2) is 6.04 Å². The summed E-state index contributed by atoms with van der Waals surface area (Å²) in [5.74, 6) is 0.418. The molecule has 1 unspecified atom stereocenters. The van der Waals surface area contributed by atoms with Gasteiger partial charge >= 0.3 is 18.4 Å². The van der Waals surface area contributed by atoms with E-state index in [1.165, 1.54) is 18.3 Å². The number of halogens is 6. The van der Waals surface area contributed by atoms with Crippen LogP contribution in [0.5, 0.6) is 0 Å². The van der Waals surface area contributed by atoms with Crippen LogP contribution in [0.1, 0.15) is 63.8 Å². The first kappa shape index (κ1) is 32.4. The van der Waals surface area contributed by atoms with Crippen molar-refractivity contribution in [2.45, 2.75) is 86.6 Å². The fraction of sp³-hybridized carbons (Fsp3) is 0.433. The second kappa shape index (κ2) is 13.0. The number of pyridine rings is 2. The molecule has 1 aromatic carbocycles. The standard InChI is InChI=1S/C30H32F6N4O2S/c1-28(2,3)42-27(41)40-26(30(34,35)36)24-16-19(14-15-37-24)18-4-9-22(10-5-18)43-23-11-7-21(8-12-23)39-25-13-6-20(17-38-25)29(31,32)33/h4-6,9-10,13-17,21,23,26H,7-8,11-12H2,1-3H3,(H,38,39)(H,40,41)/t21-,23-,26?. The monoisotopic (exact) mass is 626 g/mol. The number of alkyl carbamates (subject to hydrolysis) is 1. The summed E-state index contributed by atoms with van der Waals surface area (Å²) in [7, 11) is 0. The van der Waals surface area contributed by atoms with E-state index in [9.17, 15) is 31.1 Å². The normalized spacial score (nSPS) is 18.5. The summed E-state index contributed by atoms with van der Waals surface area (Å²) in [5.41, 5.74) is -0.882. The Balaban J connectivity index is 1.34. The van der Waals surface area contributed by atoms with Crippen molar-refractivity contribution < 1.29 is 35.9 Å². The predicted octanol–water partition coefficient (Wildman–Crippen LogP) is 8.81. The summed E-state index contributed by atoms with van der Waals surface area (Å²) in [6, 6.07) is 10.5. The minimum Gasteiger partial charge on any atom is -0.444 e. The molecule has 6 nitrogen and oxygen atoms in total. The zero-order chi connectivity index (χ0) is 31.4. The van der Waals surface area contributed by atoms with Gasteiger partial charge in [0.1, 0.15) is 11.4 Å². The van der Waals surface area contributed by atoms with Crippen LogP contribution in [-0.2, 0) is 10.9 Å². The minimum absolute atomic E-state index is 0.120. The summed E-state index contributed by atoms with van der Waals surface area (Å²) in [6.07, 6.45) is -4.80. The molecule has 2 N–H and O–H groups in total. The maximum absolute atomic E-state index is 13.8. The quantitative estimate of drug-likeness (QED) is 0.255. The molecule has 2 heterocycles. The molecular formula is C30H32F6N4O2S. The third kappa shape index (κ3) is 9.50. The fourth-order valence-corrected chi connectivity index (χ4v) is 5.82. The van der Waals surface area contributed by atoms with Gasteiger partial charge in [0, 0.05) is 28.6 Å². The average molecular weight is 627 g/mol. The number of carbonyl (C=O) groups excluding carboxylic acids is 1. The predicted molar refractivity (Wildman–Crippen MR) is 153 cm³/mol. The van der Waals surface area contributed by atoms with Crippen molar-refractivity contribution in [1.82, 2.24) is 15.3 Å². The molecule has 0 spiro atoms. The molecule has 0 bridgehead atoms. The highest BCUT2D eigenvalue weighted by Crippen LogP contribution is 2.37. The van der Waals surface area contributed by atoms with Crippen molar-refractivity contribution in [2.24, 2.45) is 0 Å². The first-order valence-electron chi connectivity index (χ1n) is 13.7. The molecular weight excluding hydrogens is 594 g/mol. The van der Waals surface area contributed by atoms with Crippen molar-refractivity contribution >= 4 is 23.7 Å². The highest BCUT2D eigenvalue weighted by atomic mass is 32.2. The Labute approximate surface area is 250 Å². The number of hydrogen-bond acceptors (Lipinski definition) is 6. The summed E-state index contributed by atoms with van der Waals surface area (Å²) < 4.78 is 84.8. The zero-order valence-electron chi connectivity index (χ0n) is 23.7. The van der Waals surface area contributed by atoms with E-state index in [4.69, 9.17) is 4.74 Å². The molecule has 1 saturated carbocycles. The third-order valence-electron chi connectivity index (χ3n) is 6.67. The lowest BCUT2D eigenvalue weighted by molar-refractivity contribution is -0.157. The minimum atomic E-state index is -4.79. The largest absolute Gasteiger partial charge is 0.444 e. The van der Waals surface area contributed by atoms with E-state index in [-0.39, 0.29) is 11.7 Å². The summed E-state index contributed by atoms with van der Waals surface area (Å²) >= 11 is 1.71.